The van der Waals surface area contributed by atoms with E-state index in [1.54, 1.807) is 0 Å². The number of rotatable bonds is 1. The molecule has 0 spiro atoms. The van der Waals surface area contributed by atoms with E-state index in [1.165, 1.54) is 12.0 Å². The molecule has 1 aliphatic rings. The summed E-state index contributed by atoms with van der Waals surface area (Å²) in [6, 6.07) is 8.25. The van der Waals surface area contributed by atoms with Crippen LogP contribution >= 0.6 is 11.6 Å². The first kappa shape index (κ1) is 8.12. The molecule has 0 aliphatic heterocycles. The van der Waals surface area contributed by atoms with E-state index in [0.717, 1.165) is 10.9 Å². The molecule has 0 radical (unpaired) electrons. The van der Waals surface area contributed by atoms with Crippen LogP contribution < -0.4 is 0 Å². The topological polar surface area (TPSA) is 0 Å². The number of halogens is 1. The van der Waals surface area contributed by atoms with Crippen molar-refractivity contribution in [3.8, 4) is 0 Å². The Morgan fingerprint density at radius 1 is 1.33 bits per heavy atom. The van der Waals surface area contributed by atoms with Gasteiger partial charge in [0.15, 0.2) is 0 Å². The van der Waals surface area contributed by atoms with Crippen LogP contribution in [0.3, 0.4) is 0 Å². The van der Waals surface area contributed by atoms with Crippen LogP contribution in [0.5, 0.6) is 0 Å². The van der Waals surface area contributed by atoms with Gasteiger partial charge in [-0.1, -0.05) is 37.6 Å². The molecule has 0 saturated heterocycles. The second-order valence-electron chi connectivity index (χ2n) is 4.03. The van der Waals surface area contributed by atoms with Gasteiger partial charge >= 0.3 is 0 Å². The summed E-state index contributed by atoms with van der Waals surface area (Å²) in [4.78, 5) is 0. The van der Waals surface area contributed by atoms with Gasteiger partial charge in [-0.25, -0.2) is 0 Å². The highest BCUT2D eigenvalue weighted by molar-refractivity contribution is 6.30. The zero-order valence-corrected chi connectivity index (χ0v) is 8.23. The largest absolute Gasteiger partial charge is 0.0843 e. The quantitative estimate of drug-likeness (QED) is 0.619. The molecule has 1 fully saturated rings. The Kier molecular flexibility index (Phi) is 1.69. The van der Waals surface area contributed by atoms with E-state index >= 15 is 0 Å². The second kappa shape index (κ2) is 2.50. The Balaban J connectivity index is 2.31. The highest BCUT2D eigenvalue weighted by atomic mass is 35.5. The SMILES string of the molecule is CC1CC1(C)c1ccc(Cl)cc1. The predicted octanol–water partition coefficient (Wildman–Crippen LogP) is 3.64. The summed E-state index contributed by atoms with van der Waals surface area (Å²) in [6.07, 6.45) is 1.31. The fourth-order valence-corrected chi connectivity index (χ4v) is 1.94. The predicted molar refractivity (Wildman–Crippen MR) is 52.6 cm³/mol. The normalized spacial score (nSPS) is 33.4. The summed E-state index contributed by atoms with van der Waals surface area (Å²) in [5.41, 5.74) is 1.87. The fourth-order valence-electron chi connectivity index (χ4n) is 1.81. The molecule has 0 heterocycles. The van der Waals surface area contributed by atoms with Gasteiger partial charge in [0, 0.05) is 5.02 Å². The summed E-state index contributed by atoms with van der Waals surface area (Å²) >= 11 is 5.82. The highest BCUT2D eigenvalue weighted by Crippen LogP contribution is 2.53. The van der Waals surface area contributed by atoms with Crippen molar-refractivity contribution in [2.24, 2.45) is 5.92 Å². The molecule has 2 unspecified atom stereocenters. The summed E-state index contributed by atoms with van der Waals surface area (Å²) < 4.78 is 0. The summed E-state index contributed by atoms with van der Waals surface area (Å²) in [6.45, 7) is 4.62. The first-order valence-electron chi connectivity index (χ1n) is 4.39. The van der Waals surface area contributed by atoms with Gasteiger partial charge < -0.3 is 0 Å². The van der Waals surface area contributed by atoms with Gasteiger partial charge in [0.25, 0.3) is 0 Å². The molecule has 0 amide bonds. The van der Waals surface area contributed by atoms with Crippen LogP contribution in [0.15, 0.2) is 24.3 Å². The van der Waals surface area contributed by atoms with Gasteiger partial charge in [0.05, 0.1) is 0 Å². The van der Waals surface area contributed by atoms with E-state index in [9.17, 15) is 0 Å². The molecule has 0 N–H and O–H groups in total. The van der Waals surface area contributed by atoms with Crippen molar-refractivity contribution >= 4 is 11.6 Å². The van der Waals surface area contributed by atoms with Crippen molar-refractivity contribution in [2.45, 2.75) is 25.7 Å². The van der Waals surface area contributed by atoms with Gasteiger partial charge in [-0.3, -0.25) is 0 Å². The molecule has 1 saturated carbocycles. The molecule has 12 heavy (non-hydrogen) atoms. The lowest BCUT2D eigenvalue weighted by Gasteiger charge is -2.09. The zero-order chi connectivity index (χ0) is 8.77. The minimum absolute atomic E-state index is 0.435. The van der Waals surface area contributed by atoms with Crippen LogP contribution in [0, 0.1) is 5.92 Å². The maximum atomic E-state index is 5.82. The van der Waals surface area contributed by atoms with E-state index in [4.69, 9.17) is 11.6 Å². The van der Waals surface area contributed by atoms with Crippen LogP contribution in [0.25, 0.3) is 0 Å². The summed E-state index contributed by atoms with van der Waals surface area (Å²) in [5, 5.41) is 0.829. The first-order chi connectivity index (χ1) is 5.63. The molecule has 0 bridgehead atoms. The molecule has 2 rings (SSSR count). The van der Waals surface area contributed by atoms with Gasteiger partial charge in [-0.15, -0.1) is 0 Å². The smallest absolute Gasteiger partial charge is 0.0406 e. The monoisotopic (exact) mass is 180 g/mol. The highest BCUT2D eigenvalue weighted by Gasteiger charge is 2.47. The average Bonchev–Trinajstić information content (AvgIpc) is 2.62. The second-order valence-corrected chi connectivity index (χ2v) is 4.47. The fraction of sp³-hybridized carbons (Fsp3) is 0.455. The van der Waals surface area contributed by atoms with Gasteiger partial charge in [0.2, 0.25) is 0 Å². The molecule has 2 atom stereocenters. The van der Waals surface area contributed by atoms with Crippen LogP contribution in [-0.2, 0) is 5.41 Å². The van der Waals surface area contributed by atoms with Crippen molar-refractivity contribution in [1.29, 1.82) is 0 Å². The van der Waals surface area contributed by atoms with Gasteiger partial charge in [0.1, 0.15) is 0 Å². The summed E-state index contributed by atoms with van der Waals surface area (Å²) in [7, 11) is 0. The summed E-state index contributed by atoms with van der Waals surface area (Å²) in [5.74, 6) is 0.832. The molecule has 1 aromatic rings. The van der Waals surface area contributed by atoms with Crippen molar-refractivity contribution in [1.82, 2.24) is 0 Å². The van der Waals surface area contributed by atoms with Gasteiger partial charge in [-0.05, 0) is 35.4 Å². The molecule has 1 heteroatoms. The lowest BCUT2D eigenvalue weighted by Crippen LogP contribution is -2.01. The van der Waals surface area contributed by atoms with Gasteiger partial charge in [-0.2, -0.15) is 0 Å². The molecular weight excluding hydrogens is 168 g/mol. The lowest BCUT2D eigenvalue weighted by atomic mass is 9.96. The Morgan fingerprint density at radius 3 is 2.25 bits per heavy atom. The van der Waals surface area contributed by atoms with E-state index in [1.807, 2.05) is 12.1 Å². The van der Waals surface area contributed by atoms with Crippen molar-refractivity contribution in [3.05, 3.63) is 34.9 Å². The lowest BCUT2D eigenvalue weighted by molar-refractivity contribution is 0.702. The maximum Gasteiger partial charge on any atom is 0.0406 e. The van der Waals surface area contributed by atoms with Crippen molar-refractivity contribution in [2.75, 3.05) is 0 Å². The molecule has 1 aliphatic carbocycles. The number of hydrogen-bond acceptors (Lipinski definition) is 0. The number of benzene rings is 1. The van der Waals surface area contributed by atoms with Crippen LogP contribution in [0.2, 0.25) is 5.02 Å². The standard InChI is InChI=1S/C11H13Cl/c1-8-7-11(8,2)9-3-5-10(12)6-4-9/h3-6,8H,7H2,1-2H3. The van der Waals surface area contributed by atoms with Crippen molar-refractivity contribution in [3.63, 3.8) is 0 Å². The minimum atomic E-state index is 0.435. The number of hydrogen-bond donors (Lipinski definition) is 0. The Morgan fingerprint density at radius 2 is 1.83 bits per heavy atom. The van der Waals surface area contributed by atoms with E-state index in [2.05, 4.69) is 26.0 Å². The average molecular weight is 181 g/mol. The molecule has 0 nitrogen and oxygen atoms in total. The van der Waals surface area contributed by atoms with E-state index in [0.29, 0.717) is 5.41 Å². The first-order valence-corrected chi connectivity index (χ1v) is 4.77. The Hall–Kier alpha value is -0.490. The van der Waals surface area contributed by atoms with E-state index in [-0.39, 0.29) is 0 Å². The third-order valence-electron chi connectivity index (χ3n) is 3.16. The molecule has 64 valence electrons. The van der Waals surface area contributed by atoms with Crippen molar-refractivity contribution < 1.29 is 0 Å². The zero-order valence-electron chi connectivity index (χ0n) is 7.47. The Labute approximate surface area is 78.6 Å². The third-order valence-corrected chi connectivity index (χ3v) is 3.41. The van der Waals surface area contributed by atoms with E-state index < -0.39 is 0 Å². The minimum Gasteiger partial charge on any atom is -0.0843 e. The van der Waals surface area contributed by atoms with Crippen LogP contribution in [-0.4, -0.2) is 0 Å². The van der Waals surface area contributed by atoms with Crippen LogP contribution in [0.4, 0.5) is 0 Å². The molecular formula is C11H13Cl. The molecule has 0 aromatic heterocycles. The maximum absolute atomic E-state index is 5.82. The third kappa shape index (κ3) is 1.15. The Bertz CT molecular complexity index is 288. The molecule has 1 aromatic carbocycles. The van der Waals surface area contributed by atoms with Crippen LogP contribution in [0.1, 0.15) is 25.8 Å².